The Labute approximate surface area is 257 Å². The van der Waals surface area contributed by atoms with Gasteiger partial charge in [0, 0.05) is 25.3 Å². The predicted molar refractivity (Wildman–Crippen MR) is 161 cm³/mol. The Hall–Kier alpha value is -3.29. The number of amides is 4. The van der Waals surface area contributed by atoms with Crippen molar-refractivity contribution in [2.24, 2.45) is 23.2 Å². The Balaban J connectivity index is 1.22. The fourth-order valence-corrected chi connectivity index (χ4v) is 8.05. The van der Waals surface area contributed by atoms with Gasteiger partial charge < -0.3 is 41.0 Å². The van der Waals surface area contributed by atoms with Crippen LogP contribution in [0.2, 0.25) is 0 Å². The highest BCUT2D eigenvalue weighted by Crippen LogP contribution is 2.59. The number of aliphatic hydroxyl groups excluding tert-OH is 1. The number of carbonyl (C=O) groups excluding carboxylic acids is 4. The van der Waals surface area contributed by atoms with Gasteiger partial charge in [0.2, 0.25) is 23.6 Å². The second-order valence-corrected chi connectivity index (χ2v) is 13.3. The first-order valence-corrected chi connectivity index (χ1v) is 15.9. The summed E-state index contributed by atoms with van der Waals surface area (Å²) >= 11 is 0. The summed E-state index contributed by atoms with van der Waals surface area (Å²) in [6.07, 6.45) is 5.84. The zero-order chi connectivity index (χ0) is 31.4. The number of ether oxygens (including phenoxy) is 1. The lowest BCUT2D eigenvalue weighted by Gasteiger charge is -2.59. The number of rotatable bonds is 12. The summed E-state index contributed by atoms with van der Waals surface area (Å²) in [4.78, 5) is 64.7. The third kappa shape index (κ3) is 7.49. The number of aromatic nitrogens is 1. The molecule has 1 saturated heterocycles. The van der Waals surface area contributed by atoms with Crippen molar-refractivity contribution in [3.05, 3.63) is 28.7 Å². The molecule has 4 aliphatic carbocycles. The summed E-state index contributed by atoms with van der Waals surface area (Å²) in [6.45, 7) is 5.33. The average Bonchev–Trinajstić information content (AvgIpc) is 2.98. The Morgan fingerprint density at radius 1 is 1.14 bits per heavy atom. The molecular formula is C31H46N6O7. The van der Waals surface area contributed by atoms with Crippen LogP contribution in [-0.4, -0.2) is 83.8 Å². The van der Waals surface area contributed by atoms with Crippen LogP contribution in [0.1, 0.15) is 58.8 Å². The van der Waals surface area contributed by atoms with E-state index < -0.39 is 41.5 Å². The van der Waals surface area contributed by atoms with Gasteiger partial charge in [-0.05, 0) is 87.2 Å². The molecule has 1 aromatic rings. The van der Waals surface area contributed by atoms with Crippen LogP contribution < -0.4 is 32.1 Å². The van der Waals surface area contributed by atoms with E-state index in [1.807, 2.05) is 0 Å². The number of anilines is 1. The molecular weight excluding hydrogens is 568 g/mol. The summed E-state index contributed by atoms with van der Waals surface area (Å²) in [5.41, 5.74) is -0.210. The van der Waals surface area contributed by atoms with E-state index in [-0.39, 0.29) is 43.6 Å². The van der Waals surface area contributed by atoms with Crippen LogP contribution in [0.4, 0.5) is 5.69 Å². The van der Waals surface area contributed by atoms with Crippen LogP contribution in [-0.2, 0) is 30.5 Å². The highest BCUT2D eigenvalue weighted by atomic mass is 16.5. The Morgan fingerprint density at radius 3 is 2.55 bits per heavy atom. The van der Waals surface area contributed by atoms with Crippen LogP contribution in [0.3, 0.4) is 0 Å². The van der Waals surface area contributed by atoms with E-state index in [1.54, 1.807) is 13.0 Å². The molecule has 0 aromatic carbocycles. The minimum absolute atomic E-state index is 0.0458. The number of likely N-dealkylation sites (N-methyl/N-ethyl adjacent to an activating group) is 1. The predicted octanol–water partition coefficient (Wildman–Crippen LogP) is -0.132. The fraction of sp³-hybridized carbons (Fsp3) is 0.710. The normalized spacial score (nSPS) is 30.2. The Bertz CT molecular complexity index is 1280. The fourth-order valence-electron chi connectivity index (χ4n) is 8.05. The molecule has 13 heteroatoms. The monoisotopic (exact) mass is 614 g/mol. The molecule has 6 rings (SSSR count). The van der Waals surface area contributed by atoms with Gasteiger partial charge in [-0.25, -0.2) is 0 Å². The highest BCUT2D eigenvalue weighted by molar-refractivity contribution is 5.97. The van der Waals surface area contributed by atoms with Crippen molar-refractivity contribution in [2.45, 2.75) is 89.6 Å². The lowest BCUT2D eigenvalue weighted by atomic mass is 9.48. The van der Waals surface area contributed by atoms with Crippen molar-refractivity contribution in [1.82, 2.24) is 25.8 Å². The minimum atomic E-state index is -1.37. The number of morpholine rings is 1. The second kappa shape index (κ2) is 13.8. The number of nitrogens with one attached hydrogen (secondary N) is 5. The highest BCUT2D eigenvalue weighted by Gasteiger charge is 2.53. The van der Waals surface area contributed by atoms with Crippen molar-refractivity contribution in [3.8, 4) is 0 Å². The molecule has 4 bridgehead atoms. The van der Waals surface area contributed by atoms with Gasteiger partial charge in [-0.3, -0.25) is 24.0 Å². The molecule has 4 saturated carbocycles. The molecule has 5 atom stereocenters. The molecule has 13 nitrogen and oxygen atoms in total. The van der Waals surface area contributed by atoms with Crippen molar-refractivity contribution in [3.63, 3.8) is 0 Å². The lowest BCUT2D eigenvalue weighted by Crippen LogP contribution is -2.59. The topological polar surface area (TPSA) is 180 Å². The Morgan fingerprint density at radius 2 is 1.89 bits per heavy atom. The van der Waals surface area contributed by atoms with Gasteiger partial charge in [0.25, 0.3) is 5.56 Å². The number of carbonyl (C=O) groups is 4. The maximum atomic E-state index is 13.4. The number of nitrogens with zero attached hydrogens (tertiary/aromatic N) is 1. The first-order valence-electron chi connectivity index (χ1n) is 15.9. The first-order chi connectivity index (χ1) is 21.0. The van der Waals surface area contributed by atoms with Gasteiger partial charge in [-0.2, -0.15) is 0 Å². The summed E-state index contributed by atoms with van der Waals surface area (Å²) in [6, 6.07) is 1.33. The molecule has 242 valence electrons. The van der Waals surface area contributed by atoms with Crippen LogP contribution >= 0.6 is 0 Å². The largest absolute Gasteiger partial charge is 0.383 e. The number of hydrogen-bond donors (Lipinski definition) is 6. The zero-order valence-electron chi connectivity index (χ0n) is 25.6. The van der Waals surface area contributed by atoms with Gasteiger partial charge in [0.1, 0.15) is 30.4 Å². The van der Waals surface area contributed by atoms with Crippen molar-refractivity contribution >= 4 is 29.3 Å². The van der Waals surface area contributed by atoms with E-state index in [1.165, 1.54) is 23.3 Å². The summed E-state index contributed by atoms with van der Waals surface area (Å²) in [5.74, 6) is -0.250. The van der Waals surface area contributed by atoms with E-state index in [2.05, 4.69) is 33.5 Å². The Kier molecular flexibility index (Phi) is 10.1. The zero-order valence-corrected chi connectivity index (χ0v) is 25.6. The van der Waals surface area contributed by atoms with E-state index in [0.717, 1.165) is 31.6 Å². The summed E-state index contributed by atoms with van der Waals surface area (Å²) in [5, 5.41) is 24.3. The maximum Gasteiger partial charge on any atom is 0.274 e. The van der Waals surface area contributed by atoms with Gasteiger partial charge >= 0.3 is 0 Å². The van der Waals surface area contributed by atoms with Crippen LogP contribution in [0.15, 0.2) is 23.1 Å². The molecule has 5 aliphatic rings. The molecule has 0 radical (unpaired) electrons. The smallest absolute Gasteiger partial charge is 0.274 e. The van der Waals surface area contributed by atoms with Crippen molar-refractivity contribution in [2.75, 3.05) is 31.6 Å². The van der Waals surface area contributed by atoms with Gasteiger partial charge in [0.15, 0.2) is 0 Å². The average molecular weight is 615 g/mol. The lowest BCUT2D eigenvalue weighted by molar-refractivity contribution is -0.131. The van der Waals surface area contributed by atoms with Gasteiger partial charge in [-0.1, -0.05) is 6.92 Å². The molecule has 0 spiro atoms. The molecule has 1 aromatic heterocycles. The molecule has 6 N–H and O–H groups in total. The van der Waals surface area contributed by atoms with Gasteiger partial charge in [-0.15, -0.1) is 0 Å². The van der Waals surface area contributed by atoms with Crippen LogP contribution in [0.5, 0.6) is 0 Å². The minimum Gasteiger partial charge on any atom is -0.383 e. The van der Waals surface area contributed by atoms with E-state index in [9.17, 15) is 29.1 Å². The summed E-state index contributed by atoms with van der Waals surface area (Å²) < 4.78 is 6.61. The quantitative estimate of drug-likeness (QED) is 0.188. The molecule has 5 fully saturated rings. The van der Waals surface area contributed by atoms with E-state index in [0.29, 0.717) is 36.9 Å². The molecule has 2 heterocycles. The molecule has 4 amide bonds. The summed E-state index contributed by atoms with van der Waals surface area (Å²) in [7, 11) is 0. The molecule has 1 aliphatic heterocycles. The number of hydrogen-bond acceptors (Lipinski definition) is 8. The standard InChI is InChI=1S/C31H46N6O7/c1-3-32-29(42)24(38)7-6-21(34-28(41)23-17-44-10-8-33-23)27(40)35-22-5-4-9-37(30(22)43)16-25(39)36-26-19-11-18-12-20(26)15-31(2,13-18)14-19/h4-5,9,18-21,23-24,26,33,38H,3,6-8,10-17H2,1-2H3,(H,32,42)(H,34,41)(H,35,40)(H,36,39)/t18?,19?,20?,21-,23+,24?,26?,31?/m0/s1. The number of aliphatic hydroxyl groups is 1. The number of pyridine rings is 1. The second-order valence-electron chi connectivity index (χ2n) is 13.3. The molecule has 44 heavy (non-hydrogen) atoms. The first kappa shape index (κ1) is 32.1. The van der Waals surface area contributed by atoms with Crippen molar-refractivity contribution < 1.29 is 29.0 Å². The van der Waals surface area contributed by atoms with E-state index >= 15 is 0 Å². The van der Waals surface area contributed by atoms with Crippen LogP contribution in [0.25, 0.3) is 0 Å². The van der Waals surface area contributed by atoms with Gasteiger partial charge in [0.05, 0.1) is 13.2 Å². The van der Waals surface area contributed by atoms with E-state index in [4.69, 9.17) is 4.74 Å². The maximum absolute atomic E-state index is 13.4. The SMILES string of the molecule is CCNC(=O)C(O)CC[C@H](NC(=O)[C@H]1COCCN1)C(=O)Nc1cccn(CC(=O)NC2C3CC4CC2CC(C)(C4)C3)c1=O. The third-order valence-corrected chi connectivity index (χ3v) is 9.75. The molecule has 3 unspecified atom stereocenters. The third-order valence-electron chi connectivity index (χ3n) is 9.75. The van der Waals surface area contributed by atoms with Crippen LogP contribution in [0, 0.1) is 23.2 Å². The van der Waals surface area contributed by atoms with Crippen molar-refractivity contribution in [1.29, 1.82) is 0 Å².